The fourth-order valence-electron chi connectivity index (χ4n) is 3.50. The van der Waals surface area contributed by atoms with E-state index < -0.39 is 11.6 Å². The van der Waals surface area contributed by atoms with E-state index in [1.807, 2.05) is 0 Å². The van der Waals surface area contributed by atoms with Crippen LogP contribution in [0.5, 0.6) is 0 Å². The van der Waals surface area contributed by atoms with E-state index in [9.17, 15) is 9.90 Å². The van der Waals surface area contributed by atoms with Gasteiger partial charge in [-0.05, 0) is 45.6 Å². The van der Waals surface area contributed by atoms with Crippen LogP contribution in [-0.2, 0) is 4.79 Å². The van der Waals surface area contributed by atoms with Gasteiger partial charge < -0.3 is 15.1 Å². The molecule has 0 atom stereocenters. The minimum atomic E-state index is -0.707. The Morgan fingerprint density at radius 2 is 1.78 bits per heavy atom. The first-order chi connectivity index (χ1) is 8.50. The van der Waals surface area contributed by atoms with E-state index in [0.29, 0.717) is 38.3 Å². The van der Waals surface area contributed by atoms with E-state index in [1.165, 1.54) is 25.7 Å². The second-order valence-electron chi connectivity index (χ2n) is 6.19. The third-order valence-electron chi connectivity index (χ3n) is 4.76. The minimum absolute atomic E-state index is 0.248. The van der Waals surface area contributed by atoms with Gasteiger partial charge in [0.1, 0.15) is 0 Å². The first kappa shape index (κ1) is 13.8. The third kappa shape index (κ3) is 3.23. The summed E-state index contributed by atoms with van der Waals surface area (Å²) in [5, 5.41) is 19.5. The van der Waals surface area contributed by atoms with Gasteiger partial charge in [0, 0.05) is 12.6 Å². The Kier molecular flexibility index (Phi) is 4.28. The van der Waals surface area contributed by atoms with Crippen LogP contribution in [0.15, 0.2) is 0 Å². The molecular formula is C14H25NO3. The fraction of sp³-hybridized carbons (Fsp3) is 0.929. The Morgan fingerprint density at radius 1 is 1.22 bits per heavy atom. The van der Waals surface area contributed by atoms with Crippen LogP contribution in [0.2, 0.25) is 0 Å². The lowest BCUT2D eigenvalue weighted by Crippen LogP contribution is -2.47. The number of carbonyl (C=O) groups is 1. The fourth-order valence-corrected chi connectivity index (χ4v) is 3.50. The van der Waals surface area contributed by atoms with Gasteiger partial charge in [-0.25, -0.2) is 0 Å². The maximum Gasteiger partial charge on any atom is 0.306 e. The maximum atomic E-state index is 10.9. The van der Waals surface area contributed by atoms with Crippen LogP contribution in [0.4, 0.5) is 0 Å². The van der Waals surface area contributed by atoms with E-state index in [4.69, 9.17) is 5.11 Å². The van der Waals surface area contributed by atoms with Crippen molar-refractivity contribution in [3.8, 4) is 0 Å². The van der Waals surface area contributed by atoms with Gasteiger partial charge in [-0.15, -0.1) is 0 Å². The smallest absolute Gasteiger partial charge is 0.306 e. The predicted molar refractivity (Wildman–Crippen MR) is 69.4 cm³/mol. The molecule has 0 unspecified atom stereocenters. The van der Waals surface area contributed by atoms with E-state index in [-0.39, 0.29) is 5.92 Å². The van der Waals surface area contributed by atoms with Gasteiger partial charge in [0.2, 0.25) is 0 Å². The van der Waals surface area contributed by atoms with Gasteiger partial charge in [0.25, 0.3) is 0 Å². The molecule has 0 aromatic heterocycles. The molecule has 2 saturated carbocycles. The zero-order valence-electron chi connectivity index (χ0n) is 11.3. The van der Waals surface area contributed by atoms with E-state index in [1.54, 1.807) is 0 Å². The molecule has 0 heterocycles. The Hall–Kier alpha value is -0.610. The summed E-state index contributed by atoms with van der Waals surface area (Å²) >= 11 is 0. The zero-order chi connectivity index (χ0) is 13.2. The summed E-state index contributed by atoms with van der Waals surface area (Å²) in [6.45, 7) is 0.698. The van der Waals surface area contributed by atoms with E-state index in [0.717, 1.165) is 0 Å². The second kappa shape index (κ2) is 5.57. The second-order valence-corrected chi connectivity index (χ2v) is 6.19. The van der Waals surface area contributed by atoms with Crippen molar-refractivity contribution in [1.82, 2.24) is 4.90 Å². The van der Waals surface area contributed by atoms with Gasteiger partial charge >= 0.3 is 5.97 Å². The Morgan fingerprint density at radius 3 is 2.28 bits per heavy atom. The topological polar surface area (TPSA) is 60.8 Å². The molecule has 0 saturated heterocycles. The Labute approximate surface area is 109 Å². The van der Waals surface area contributed by atoms with Crippen molar-refractivity contribution < 1.29 is 15.0 Å². The number of rotatable bonds is 4. The first-order valence-electron chi connectivity index (χ1n) is 7.16. The number of hydrogen-bond acceptors (Lipinski definition) is 3. The molecule has 18 heavy (non-hydrogen) atoms. The molecule has 0 aliphatic heterocycles. The molecule has 2 N–H and O–H groups in total. The molecule has 0 aromatic carbocycles. The van der Waals surface area contributed by atoms with Gasteiger partial charge in [-0.3, -0.25) is 4.79 Å². The molecule has 0 radical (unpaired) electrons. The number of aliphatic hydroxyl groups is 1. The van der Waals surface area contributed by atoms with Gasteiger partial charge in [0.15, 0.2) is 0 Å². The van der Waals surface area contributed by atoms with Gasteiger partial charge in [-0.2, -0.15) is 0 Å². The summed E-state index contributed by atoms with van der Waals surface area (Å²) in [6.07, 6.45) is 7.56. The lowest BCUT2D eigenvalue weighted by molar-refractivity contribution is -0.145. The van der Waals surface area contributed by atoms with Crippen LogP contribution in [0.1, 0.15) is 51.4 Å². The molecule has 0 bridgehead atoms. The lowest BCUT2D eigenvalue weighted by atomic mass is 9.78. The van der Waals surface area contributed by atoms with Gasteiger partial charge in [0.05, 0.1) is 11.5 Å². The summed E-state index contributed by atoms with van der Waals surface area (Å²) < 4.78 is 0. The third-order valence-corrected chi connectivity index (χ3v) is 4.76. The van der Waals surface area contributed by atoms with Crippen molar-refractivity contribution in [1.29, 1.82) is 0 Å². The van der Waals surface area contributed by atoms with Crippen molar-refractivity contribution >= 4 is 5.97 Å². The SMILES string of the molecule is CN(CC1(O)CCC(C(=O)O)CC1)C1CCCC1. The predicted octanol–water partition coefficient (Wildman–Crippen LogP) is 1.87. The maximum absolute atomic E-state index is 10.9. The molecule has 4 heteroatoms. The van der Waals surface area contributed by atoms with Crippen LogP contribution in [0.3, 0.4) is 0 Å². The number of carboxylic acids is 1. The highest BCUT2D eigenvalue weighted by Gasteiger charge is 2.37. The van der Waals surface area contributed by atoms with Crippen LogP contribution in [0, 0.1) is 5.92 Å². The standard InChI is InChI=1S/C14H25NO3/c1-15(12-4-2-3-5-12)10-14(18)8-6-11(7-9-14)13(16)17/h11-12,18H,2-10H2,1H3,(H,16,17). The van der Waals surface area contributed by atoms with Crippen molar-refractivity contribution in [2.24, 2.45) is 5.92 Å². The van der Waals surface area contributed by atoms with E-state index in [2.05, 4.69) is 11.9 Å². The quantitative estimate of drug-likeness (QED) is 0.805. The van der Waals surface area contributed by atoms with Crippen molar-refractivity contribution in [2.45, 2.75) is 63.0 Å². The van der Waals surface area contributed by atoms with E-state index >= 15 is 0 Å². The first-order valence-corrected chi connectivity index (χ1v) is 7.16. The monoisotopic (exact) mass is 255 g/mol. The average molecular weight is 255 g/mol. The number of carboxylic acid groups (broad SMARTS) is 1. The summed E-state index contributed by atoms with van der Waals surface area (Å²) in [4.78, 5) is 13.2. The lowest BCUT2D eigenvalue weighted by Gasteiger charge is -2.39. The zero-order valence-corrected chi connectivity index (χ0v) is 11.3. The Bertz CT molecular complexity index is 291. The van der Waals surface area contributed by atoms with Crippen molar-refractivity contribution in [2.75, 3.05) is 13.6 Å². The molecule has 104 valence electrons. The summed E-state index contributed by atoms with van der Waals surface area (Å²) in [5.41, 5.74) is -0.663. The van der Waals surface area contributed by atoms with Crippen LogP contribution in [-0.4, -0.2) is 46.3 Å². The van der Waals surface area contributed by atoms with Crippen molar-refractivity contribution in [3.05, 3.63) is 0 Å². The van der Waals surface area contributed by atoms with Crippen molar-refractivity contribution in [3.63, 3.8) is 0 Å². The highest BCUT2D eigenvalue weighted by Crippen LogP contribution is 2.34. The van der Waals surface area contributed by atoms with Crippen LogP contribution in [0.25, 0.3) is 0 Å². The largest absolute Gasteiger partial charge is 0.481 e. The van der Waals surface area contributed by atoms with Crippen LogP contribution < -0.4 is 0 Å². The number of nitrogens with zero attached hydrogens (tertiary/aromatic N) is 1. The normalized spacial score (nSPS) is 34.1. The molecule has 2 fully saturated rings. The highest BCUT2D eigenvalue weighted by atomic mass is 16.4. The Balaban J connectivity index is 1.83. The molecule has 2 rings (SSSR count). The number of aliphatic carboxylic acids is 1. The highest BCUT2D eigenvalue weighted by molar-refractivity contribution is 5.70. The molecule has 2 aliphatic rings. The summed E-state index contributed by atoms with van der Waals surface area (Å²) in [5.74, 6) is -0.955. The molecular weight excluding hydrogens is 230 g/mol. The summed E-state index contributed by atoms with van der Waals surface area (Å²) in [7, 11) is 2.09. The molecule has 0 spiro atoms. The molecule has 4 nitrogen and oxygen atoms in total. The number of hydrogen-bond donors (Lipinski definition) is 2. The molecule has 0 amide bonds. The average Bonchev–Trinajstić information content (AvgIpc) is 2.82. The summed E-state index contributed by atoms with van der Waals surface area (Å²) in [6, 6.07) is 0.617. The minimum Gasteiger partial charge on any atom is -0.481 e. The van der Waals surface area contributed by atoms with Gasteiger partial charge in [-0.1, -0.05) is 12.8 Å². The molecule has 0 aromatic rings. The molecule has 2 aliphatic carbocycles. The van der Waals surface area contributed by atoms with Crippen LogP contribution >= 0.6 is 0 Å². The number of likely N-dealkylation sites (N-methyl/N-ethyl adjacent to an activating group) is 1.